The van der Waals surface area contributed by atoms with Crippen LogP contribution in [0.3, 0.4) is 0 Å². The van der Waals surface area contributed by atoms with Crippen LogP contribution in [-0.4, -0.2) is 18.6 Å². The van der Waals surface area contributed by atoms with E-state index in [9.17, 15) is 8.42 Å². The monoisotopic (exact) mass is 369 g/mol. The van der Waals surface area contributed by atoms with Gasteiger partial charge in [-0.15, -0.1) is 0 Å². The molecule has 0 aliphatic heterocycles. The summed E-state index contributed by atoms with van der Waals surface area (Å²) in [6, 6.07) is 11.1. The summed E-state index contributed by atoms with van der Waals surface area (Å²) in [5.41, 5.74) is 1.23. The third-order valence-corrected chi connectivity index (χ3v) is 4.70. The van der Waals surface area contributed by atoms with Gasteiger partial charge >= 0.3 is 0 Å². The summed E-state index contributed by atoms with van der Waals surface area (Å²) in [7, 11) is -3.83. The van der Waals surface area contributed by atoms with Gasteiger partial charge in [0.25, 0.3) is 10.0 Å². The Morgan fingerprint density at radius 3 is 2.43 bits per heavy atom. The number of hydrogen-bond donors (Lipinski definition) is 1. The van der Waals surface area contributed by atoms with Crippen molar-refractivity contribution in [3.63, 3.8) is 0 Å². The first kappa shape index (κ1) is 15.8. The summed E-state index contributed by atoms with van der Waals surface area (Å²) in [6.07, 6.45) is 1.15. The summed E-state index contributed by atoms with van der Waals surface area (Å²) in [4.78, 5) is 3.70. The fourth-order valence-corrected chi connectivity index (χ4v) is 2.95. The molecule has 0 aliphatic rings. The highest BCUT2D eigenvalue weighted by atomic mass is 35.5. The lowest BCUT2D eigenvalue weighted by molar-refractivity contribution is 0.438. The molecule has 0 saturated heterocycles. The molecule has 0 fully saturated rings. The lowest BCUT2D eigenvalue weighted by Gasteiger charge is -2.03. The quantitative estimate of drug-likeness (QED) is 0.706. The van der Waals surface area contributed by atoms with E-state index >= 15 is 0 Å². The van der Waals surface area contributed by atoms with Crippen molar-refractivity contribution in [1.82, 2.24) is 10.1 Å². The number of sulfonamides is 1. The molecule has 6 nitrogen and oxygen atoms in total. The molecule has 0 atom stereocenters. The number of pyridine rings is 1. The van der Waals surface area contributed by atoms with Crippen LogP contribution < -0.4 is 4.72 Å². The molecule has 0 spiro atoms. The number of rotatable bonds is 4. The average molecular weight is 370 g/mol. The fourth-order valence-electron chi connectivity index (χ4n) is 1.79. The summed E-state index contributed by atoms with van der Waals surface area (Å²) < 4.78 is 31.7. The van der Waals surface area contributed by atoms with Crippen LogP contribution in [0.2, 0.25) is 10.2 Å². The molecule has 0 amide bonds. The van der Waals surface area contributed by atoms with E-state index in [1.807, 2.05) is 0 Å². The van der Waals surface area contributed by atoms with Gasteiger partial charge < -0.3 is 4.52 Å². The van der Waals surface area contributed by atoms with E-state index < -0.39 is 10.0 Å². The van der Waals surface area contributed by atoms with E-state index in [1.165, 1.54) is 18.2 Å². The van der Waals surface area contributed by atoms with E-state index in [4.69, 9.17) is 27.7 Å². The van der Waals surface area contributed by atoms with Crippen molar-refractivity contribution in [2.75, 3.05) is 4.72 Å². The summed E-state index contributed by atoms with van der Waals surface area (Å²) in [5, 5.41) is 4.62. The zero-order valence-electron chi connectivity index (χ0n) is 11.4. The van der Waals surface area contributed by atoms with Crippen molar-refractivity contribution in [3.8, 4) is 11.3 Å². The maximum atomic E-state index is 12.2. The highest BCUT2D eigenvalue weighted by Gasteiger charge is 2.17. The van der Waals surface area contributed by atoms with Crippen LogP contribution in [0.15, 0.2) is 58.1 Å². The summed E-state index contributed by atoms with van der Waals surface area (Å²) in [5.74, 6) is -0.00935. The minimum Gasteiger partial charge on any atom is -0.337 e. The molecule has 2 heterocycles. The van der Waals surface area contributed by atoms with Crippen molar-refractivity contribution in [3.05, 3.63) is 58.8 Å². The lowest BCUT2D eigenvalue weighted by atomic mass is 10.1. The first-order valence-corrected chi connectivity index (χ1v) is 8.55. The normalized spacial score (nSPS) is 11.4. The number of halogens is 2. The van der Waals surface area contributed by atoms with Crippen LogP contribution in [0, 0.1) is 0 Å². The van der Waals surface area contributed by atoms with Gasteiger partial charge in [0.15, 0.2) is 0 Å². The van der Waals surface area contributed by atoms with Crippen LogP contribution in [0.5, 0.6) is 0 Å². The Morgan fingerprint density at radius 1 is 1.04 bits per heavy atom. The van der Waals surface area contributed by atoms with Crippen LogP contribution in [0.4, 0.5) is 5.88 Å². The van der Waals surface area contributed by atoms with Crippen molar-refractivity contribution < 1.29 is 12.9 Å². The van der Waals surface area contributed by atoms with Gasteiger partial charge in [-0.05, 0) is 24.3 Å². The van der Waals surface area contributed by atoms with E-state index in [1.54, 1.807) is 24.3 Å². The van der Waals surface area contributed by atoms with Gasteiger partial charge in [0, 0.05) is 22.8 Å². The predicted molar refractivity (Wildman–Crippen MR) is 87.0 cm³/mol. The van der Waals surface area contributed by atoms with Gasteiger partial charge in [0.1, 0.15) is 15.7 Å². The van der Waals surface area contributed by atoms with Crippen molar-refractivity contribution in [2.24, 2.45) is 0 Å². The third-order valence-electron chi connectivity index (χ3n) is 2.90. The molecular weight excluding hydrogens is 361 g/mol. The molecule has 9 heteroatoms. The van der Waals surface area contributed by atoms with E-state index in [0.29, 0.717) is 10.7 Å². The highest BCUT2D eigenvalue weighted by molar-refractivity contribution is 7.92. The molecule has 2 aromatic heterocycles. The largest absolute Gasteiger partial charge is 0.337 e. The highest BCUT2D eigenvalue weighted by Crippen LogP contribution is 2.24. The second-order valence-electron chi connectivity index (χ2n) is 4.51. The topological polar surface area (TPSA) is 85.1 Å². The van der Waals surface area contributed by atoms with Gasteiger partial charge in [0.05, 0.1) is 0 Å². The van der Waals surface area contributed by atoms with Crippen LogP contribution in [0.25, 0.3) is 11.3 Å². The van der Waals surface area contributed by atoms with Gasteiger partial charge in [-0.25, -0.2) is 18.1 Å². The Morgan fingerprint density at radius 2 is 1.78 bits per heavy atom. The Balaban J connectivity index is 1.83. The lowest BCUT2D eigenvalue weighted by Crippen LogP contribution is -2.12. The number of nitrogens with zero attached hydrogens (tertiary/aromatic N) is 2. The molecule has 118 valence electrons. The molecule has 1 N–H and O–H groups in total. The minimum absolute atomic E-state index is 0.00935. The molecule has 23 heavy (non-hydrogen) atoms. The first-order valence-electron chi connectivity index (χ1n) is 6.31. The van der Waals surface area contributed by atoms with E-state index in [0.717, 1.165) is 11.8 Å². The number of nitrogens with one attached hydrogen (secondary N) is 1. The number of benzene rings is 1. The smallest absolute Gasteiger partial charge is 0.265 e. The van der Waals surface area contributed by atoms with E-state index in [-0.39, 0.29) is 15.9 Å². The molecular formula is C14H9Cl2N3O3S. The molecule has 1 aromatic carbocycles. The standard InChI is InChI=1S/C14H9Cl2N3O3S/c15-10-3-1-9(2-4-10)12-7-14(22-18-12)19-23(20,21)11-5-6-13(16)17-8-11/h1-8,19H. The van der Waals surface area contributed by atoms with Gasteiger partial charge in [-0.3, -0.25) is 0 Å². The van der Waals surface area contributed by atoms with Gasteiger partial charge in [-0.2, -0.15) is 0 Å². The van der Waals surface area contributed by atoms with Gasteiger partial charge in [0.2, 0.25) is 5.88 Å². The Bertz CT molecular complexity index is 923. The van der Waals surface area contributed by atoms with Gasteiger partial charge in [-0.1, -0.05) is 40.5 Å². The fraction of sp³-hybridized carbons (Fsp3) is 0. The molecule has 0 radical (unpaired) electrons. The molecule has 0 saturated carbocycles. The van der Waals surface area contributed by atoms with Crippen LogP contribution in [-0.2, 0) is 10.0 Å². The summed E-state index contributed by atoms with van der Waals surface area (Å²) >= 11 is 11.5. The van der Waals surface area contributed by atoms with Crippen molar-refractivity contribution in [2.45, 2.75) is 4.90 Å². The minimum atomic E-state index is -3.83. The summed E-state index contributed by atoms with van der Waals surface area (Å²) in [6.45, 7) is 0. The molecule has 3 rings (SSSR count). The maximum absolute atomic E-state index is 12.2. The predicted octanol–water partition coefficient (Wildman–Crippen LogP) is 3.84. The zero-order valence-corrected chi connectivity index (χ0v) is 13.7. The molecule has 0 aliphatic carbocycles. The SMILES string of the molecule is O=S(=O)(Nc1cc(-c2ccc(Cl)cc2)no1)c1ccc(Cl)nc1. The van der Waals surface area contributed by atoms with Crippen molar-refractivity contribution in [1.29, 1.82) is 0 Å². The van der Waals surface area contributed by atoms with Crippen LogP contribution >= 0.6 is 23.2 Å². The molecule has 3 aromatic rings. The molecule has 0 bridgehead atoms. The maximum Gasteiger partial charge on any atom is 0.265 e. The second-order valence-corrected chi connectivity index (χ2v) is 7.01. The van der Waals surface area contributed by atoms with Crippen LogP contribution in [0.1, 0.15) is 0 Å². The van der Waals surface area contributed by atoms with Crippen molar-refractivity contribution >= 4 is 39.1 Å². The number of aromatic nitrogens is 2. The van der Waals surface area contributed by atoms with E-state index in [2.05, 4.69) is 14.9 Å². The number of hydrogen-bond acceptors (Lipinski definition) is 5. The third kappa shape index (κ3) is 3.64. The number of anilines is 1. The Kier molecular flexibility index (Phi) is 4.25. The molecule has 0 unspecified atom stereocenters. The second kappa shape index (κ2) is 6.19. The zero-order chi connectivity index (χ0) is 16.4. The first-order chi connectivity index (χ1) is 10.9. The average Bonchev–Trinajstić information content (AvgIpc) is 2.96. The Hall–Kier alpha value is -2.09. The Labute approximate surface area is 142 Å².